The standard InChI is InChI=1S/C22H22FN5O2/c23-15-6-4-14(5-7-15)22(10-2-11-22)21(30)28-12-1-3-18(28)20(29)26-19-9-8-16-17(25-19)13-24-27-16/h4-9,13,18H,1-3,10-12H2,(H,24,27)(H,25,26,29)/t18-/m1/s1. The molecule has 3 aromatic rings. The van der Waals surface area contributed by atoms with E-state index in [1.165, 1.54) is 12.1 Å². The van der Waals surface area contributed by atoms with Gasteiger partial charge in [-0.05, 0) is 55.5 Å². The van der Waals surface area contributed by atoms with Crippen LogP contribution in [0.2, 0.25) is 0 Å². The average molecular weight is 407 g/mol. The van der Waals surface area contributed by atoms with Gasteiger partial charge in [-0.1, -0.05) is 18.6 Å². The Morgan fingerprint density at radius 1 is 1.13 bits per heavy atom. The van der Waals surface area contributed by atoms with E-state index in [0.29, 0.717) is 24.3 Å². The summed E-state index contributed by atoms with van der Waals surface area (Å²) in [6.07, 6.45) is 5.38. The summed E-state index contributed by atoms with van der Waals surface area (Å²) in [5.74, 6) is -0.146. The molecule has 1 aliphatic carbocycles. The van der Waals surface area contributed by atoms with Crippen molar-refractivity contribution in [3.8, 4) is 0 Å². The van der Waals surface area contributed by atoms with Crippen LogP contribution < -0.4 is 5.32 Å². The van der Waals surface area contributed by atoms with Gasteiger partial charge in [0.1, 0.15) is 23.2 Å². The lowest BCUT2D eigenvalue weighted by Gasteiger charge is -2.44. The van der Waals surface area contributed by atoms with Crippen molar-refractivity contribution in [3.05, 3.63) is 54.0 Å². The van der Waals surface area contributed by atoms with Gasteiger partial charge in [0.2, 0.25) is 11.8 Å². The maximum atomic E-state index is 13.6. The maximum Gasteiger partial charge on any atom is 0.248 e. The van der Waals surface area contributed by atoms with E-state index in [1.54, 1.807) is 35.4 Å². The third-order valence-corrected chi connectivity index (χ3v) is 6.38. The summed E-state index contributed by atoms with van der Waals surface area (Å²) in [6.45, 7) is 0.550. The van der Waals surface area contributed by atoms with Crippen LogP contribution >= 0.6 is 0 Å². The SMILES string of the molecule is O=C(Nc1ccc2[nH]ncc2n1)[C@H]1CCCN1C(=O)C1(c2ccc(F)cc2)CCC1. The van der Waals surface area contributed by atoms with Crippen LogP contribution in [0.5, 0.6) is 0 Å². The minimum absolute atomic E-state index is 0.0312. The summed E-state index contributed by atoms with van der Waals surface area (Å²) in [6, 6.07) is 9.18. The molecule has 5 rings (SSSR count). The van der Waals surface area contributed by atoms with Crippen molar-refractivity contribution in [3.63, 3.8) is 0 Å². The molecule has 7 nitrogen and oxygen atoms in total. The van der Waals surface area contributed by atoms with Crippen LogP contribution in [-0.2, 0) is 15.0 Å². The fourth-order valence-electron chi connectivity index (χ4n) is 4.59. The number of aromatic nitrogens is 3. The van der Waals surface area contributed by atoms with Crippen molar-refractivity contribution in [2.45, 2.75) is 43.6 Å². The van der Waals surface area contributed by atoms with Crippen molar-refractivity contribution in [1.29, 1.82) is 0 Å². The van der Waals surface area contributed by atoms with E-state index in [9.17, 15) is 14.0 Å². The number of hydrogen-bond acceptors (Lipinski definition) is 4. The summed E-state index contributed by atoms with van der Waals surface area (Å²) < 4.78 is 13.4. The molecule has 154 valence electrons. The zero-order chi connectivity index (χ0) is 20.7. The lowest BCUT2D eigenvalue weighted by molar-refractivity contribution is -0.144. The molecule has 1 saturated carbocycles. The minimum Gasteiger partial charge on any atom is -0.330 e. The molecule has 2 aliphatic rings. The predicted molar refractivity (Wildman–Crippen MR) is 109 cm³/mol. The smallest absolute Gasteiger partial charge is 0.248 e. The van der Waals surface area contributed by atoms with Crippen molar-refractivity contribution in [1.82, 2.24) is 20.1 Å². The molecule has 0 radical (unpaired) electrons. The fourth-order valence-corrected chi connectivity index (χ4v) is 4.59. The number of halogens is 1. The molecule has 1 saturated heterocycles. The average Bonchev–Trinajstić information content (AvgIpc) is 3.37. The van der Waals surface area contributed by atoms with E-state index in [1.807, 2.05) is 0 Å². The Kier molecular flexibility index (Phi) is 4.49. The number of likely N-dealkylation sites (tertiary alicyclic amines) is 1. The van der Waals surface area contributed by atoms with Crippen molar-refractivity contribution >= 4 is 28.7 Å². The molecule has 1 aliphatic heterocycles. The number of rotatable bonds is 4. The van der Waals surface area contributed by atoms with Crippen molar-refractivity contribution in [2.75, 3.05) is 11.9 Å². The highest BCUT2D eigenvalue weighted by Gasteiger charge is 2.50. The number of fused-ring (bicyclic) bond motifs is 1. The minimum atomic E-state index is -0.648. The highest BCUT2D eigenvalue weighted by Crippen LogP contribution is 2.46. The van der Waals surface area contributed by atoms with Crippen LogP contribution in [0.25, 0.3) is 11.0 Å². The largest absolute Gasteiger partial charge is 0.330 e. The number of H-pyrrole nitrogens is 1. The summed E-state index contributed by atoms with van der Waals surface area (Å²) in [7, 11) is 0. The molecular weight excluding hydrogens is 385 g/mol. The summed E-state index contributed by atoms with van der Waals surface area (Å²) in [4.78, 5) is 32.7. The van der Waals surface area contributed by atoms with Gasteiger partial charge in [-0.15, -0.1) is 0 Å². The first-order valence-electron chi connectivity index (χ1n) is 10.2. The van der Waals surface area contributed by atoms with Crippen LogP contribution in [0.15, 0.2) is 42.6 Å². The lowest BCUT2D eigenvalue weighted by atomic mass is 9.63. The molecular formula is C22H22FN5O2. The van der Waals surface area contributed by atoms with Crippen LogP contribution in [0, 0.1) is 5.82 Å². The number of carbonyl (C=O) groups is 2. The Morgan fingerprint density at radius 2 is 1.93 bits per heavy atom. The normalized spacial score (nSPS) is 20.2. The molecule has 3 heterocycles. The first kappa shape index (κ1) is 18.7. The summed E-state index contributed by atoms with van der Waals surface area (Å²) in [5, 5.41) is 9.61. The van der Waals surface area contributed by atoms with E-state index in [2.05, 4.69) is 20.5 Å². The van der Waals surface area contributed by atoms with E-state index >= 15 is 0 Å². The van der Waals surface area contributed by atoms with Gasteiger partial charge in [0.15, 0.2) is 0 Å². The molecule has 0 bridgehead atoms. The van der Waals surface area contributed by atoms with Gasteiger partial charge in [-0.25, -0.2) is 9.37 Å². The molecule has 2 N–H and O–H groups in total. The van der Waals surface area contributed by atoms with E-state index in [4.69, 9.17) is 0 Å². The Hall–Kier alpha value is -3.29. The number of hydrogen-bond donors (Lipinski definition) is 2. The number of carbonyl (C=O) groups excluding carboxylic acids is 2. The van der Waals surface area contributed by atoms with E-state index in [-0.39, 0.29) is 17.6 Å². The molecule has 2 fully saturated rings. The molecule has 0 unspecified atom stereocenters. The third-order valence-electron chi connectivity index (χ3n) is 6.38. The second-order valence-corrected chi connectivity index (χ2v) is 8.09. The van der Waals surface area contributed by atoms with E-state index in [0.717, 1.165) is 36.8 Å². The highest BCUT2D eigenvalue weighted by atomic mass is 19.1. The zero-order valence-corrected chi connectivity index (χ0v) is 16.4. The topological polar surface area (TPSA) is 91.0 Å². The molecule has 1 atom stereocenters. The third kappa shape index (κ3) is 3.03. The van der Waals surface area contributed by atoms with Crippen LogP contribution in [-0.4, -0.2) is 44.5 Å². The lowest BCUT2D eigenvalue weighted by Crippen LogP contribution is -2.54. The monoisotopic (exact) mass is 407 g/mol. The number of nitrogens with one attached hydrogen (secondary N) is 2. The van der Waals surface area contributed by atoms with Gasteiger partial charge in [0, 0.05) is 6.54 Å². The van der Waals surface area contributed by atoms with Gasteiger partial charge in [-0.3, -0.25) is 14.7 Å². The number of nitrogens with zero attached hydrogens (tertiary/aromatic N) is 3. The number of benzene rings is 1. The first-order chi connectivity index (χ1) is 14.6. The molecule has 8 heteroatoms. The zero-order valence-electron chi connectivity index (χ0n) is 16.4. The maximum absolute atomic E-state index is 13.6. The molecule has 1 aromatic carbocycles. The number of aromatic amines is 1. The number of anilines is 1. The van der Waals surface area contributed by atoms with Gasteiger partial charge in [-0.2, -0.15) is 5.10 Å². The highest BCUT2D eigenvalue weighted by molar-refractivity contribution is 5.99. The van der Waals surface area contributed by atoms with Crippen LogP contribution in [0.3, 0.4) is 0 Å². The fraction of sp³-hybridized carbons (Fsp3) is 0.364. The molecule has 2 aromatic heterocycles. The van der Waals surface area contributed by atoms with Crippen molar-refractivity contribution in [2.24, 2.45) is 0 Å². The van der Waals surface area contributed by atoms with Gasteiger partial charge in [0.25, 0.3) is 0 Å². The predicted octanol–water partition coefficient (Wildman–Crippen LogP) is 3.15. The summed E-state index contributed by atoms with van der Waals surface area (Å²) in [5.41, 5.74) is 1.64. The Morgan fingerprint density at radius 3 is 2.67 bits per heavy atom. The van der Waals surface area contributed by atoms with Gasteiger partial charge < -0.3 is 10.2 Å². The van der Waals surface area contributed by atoms with Crippen LogP contribution in [0.1, 0.15) is 37.7 Å². The van der Waals surface area contributed by atoms with Crippen molar-refractivity contribution < 1.29 is 14.0 Å². The molecule has 0 spiro atoms. The Labute approximate surface area is 172 Å². The Bertz CT molecular complexity index is 1110. The van der Waals surface area contributed by atoms with Crippen LogP contribution in [0.4, 0.5) is 10.2 Å². The quantitative estimate of drug-likeness (QED) is 0.695. The van der Waals surface area contributed by atoms with E-state index < -0.39 is 11.5 Å². The van der Waals surface area contributed by atoms with Gasteiger partial charge >= 0.3 is 0 Å². The second-order valence-electron chi connectivity index (χ2n) is 8.09. The first-order valence-corrected chi connectivity index (χ1v) is 10.2. The molecule has 2 amide bonds. The number of amides is 2. The number of pyridine rings is 1. The molecule has 30 heavy (non-hydrogen) atoms. The second kappa shape index (κ2) is 7.19. The Balaban J connectivity index is 1.36. The summed E-state index contributed by atoms with van der Waals surface area (Å²) >= 11 is 0. The van der Waals surface area contributed by atoms with Gasteiger partial charge in [0.05, 0.1) is 17.1 Å².